The van der Waals surface area contributed by atoms with Crippen LogP contribution in [0.1, 0.15) is 180 Å². The first-order chi connectivity index (χ1) is 28.3. The molecule has 6 aromatic heterocycles. The Morgan fingerprint density at radius 3 is 1.05 bits per heavy atom. The highest BCUT2D eigenvalue weighted by molar-refractivity contribution is 5.26. The lowest BCUT2D eigenvalue weighted by molar-refractivity contribution is -0.680. The third-order valence-corrected chi connectivity index (χ3v) is 9.95. The minimum absolute atomic E-state index is 0.543. The molecule has 0 aliphatic heterocycles. The van der Waals surface area contributed by atoms with Gasteiger partial charge < -0.3 is 0 Å². The monoisotopic (exact) mass is 812 g/mol. The van der Waals surface area contributed by atoms with Crippen LogP contribution >= 0.6 is 0 Å². The van der Waals surface area contributed by atoms with Gasteiger partial charge in [-0.25, -0.2) is 4.57 Å². The van der Waals surface area contributed by atoms with Gasteiger partial charge in [-0.3, -0.25) is 24.9 Å². The zero-order valence-corrected chi connectivity index (χ0v) is 40.6. The summed E-state index contributed by atoms with van der Waals surface area (Å²) < 4.78 is 2.16. The minimum atomic E-state index is 0.543. The molecular weight excluding hydrogens is 733 g/mol. The molecule has 60 heavy (non-hydrogen) atoms. The van der Waals surface area contributed by atoms with Crippen molar-refractivity contribution in [2.24, 2.45) is 7.05 Å². The van der Waals surface area contributed by atoms with E-state index in [-0.39, 0.29) is 0 Å². The molecule has 6 heterocycles. The second-order valence-electron chi connectivity index (χ2n) is 17.3. The van der Waals surface area contributed by atoms with Crippen molar-refractivity contribution < 1.29 is 4.57 Å². The van der Waals surface area contributed by atoms with Gasteiger partial charge in [0.1, 0.15) is 7.05 Å². The maximum atomic E-state index is 4.28. The topological polar surface area (TPSA) is 68.3 Å². The lowest BCUT2D eigenvalue weighted by atomic mass is 10.0. The number of hydrogen-bond acceptors (Lipinski definition) is 5. The summed E-state index contributed by atoms with van der Waals surface area (Å²) in [5.74, 6) is 3.52. The number of hydrogen-bond donors (Lipinski definition) is 0. The maximum Gasteiger partial charge on any atom is 0.183 e. The Bertz CT molecular complexity index is 1680. The van der Waals surface area contributed by atoms with Gasteiger partial charge in [-0.1, -0.05) is 101 Å². The smallest absolute Gasteiger partial charge is 0.183 e. The van der Waals surface area contributed by atoms with Crippen LogP contribution in [0.5, 0.6) is 0 Å². The van der Waals surface area contributed by atoms with Crippen LogP contribution in [0.2, 0.25) is 0 Å². The van der Waals surface area contributed by atoms with Gasteiger partial charge in [0.15, 0.2) is 11.9 Å². The summed E-state index contributed by atoms with van der Waals surface area (Å²) in [7, 11) is 2.08. The zero-order valence-electron chi connectivity index (χ0n) is 40.6. The van der Waals surface area contributed by atoms with Gasteiger partial charge >= 0.3 is 0 Å². The average molecular weight is 812 g/mol. The fourth-order valence-electron chi connectivity index (χ4n) is 6.69. The fraction of sp³-hybridized carbons (Fsp3) is 0.444. The van der Waals surface area contributed by atoms with E-state index in [0.717, 1.165) is 0 Å². The molecule has 6 rings (SSSR count). The first-order valence-corrected chi connectivity index (χ1v) is 21.8. The third-order valence-electron chi connectivity index (χ3n) is 9.95. The first kappa shape index (κ1) is 52.9. The van der Waals surface area contributed by atoms with E-state index in [1.165, 1.54) is 61.6 Å². The molecule has 6 heteroatoms. The van der Waals surface area contributed by atoms with Crippen LogP contribution in [-0.4, -0.2) is 24.9 Å². The van der Waals surface area contributed by atoms with E-state index < -0.39 is 0 Å². The van der Waals surface area contributed by atoms with Gasteiger partial charge in [0.2, 0.25) is 0 Å². The van der Waals surface area contributed by atoms with Crippen LogP contribution in [-0.2, 0) is 7.05 Å². The average Bonchev–Trinajstić information content (AvgIpc) is 3.19. The molecular formula is C54H79N6+. The van der Waals surface area contributed by atoms with Crippen molar-refractivity contribution in [1.29, 1.82) is 0 Å². The lowest BCUT2D eigenvalue weighted by Crippen LogP contribution is -2.33. The van der Waals surface area contributed by atoms with Gasteiger partial charge in [0.05, 0.1) is 0 Å². The molecule has 6 aromatic rings. The Morgan fingerprint density at radius 2 is 0.783 bits per heavy atom. The Hall–Kier alpha value is -5.10. The molecule has 0 aliphatic carbocycles. The quantitative estimate of drug-likeness (QED) is 0.157. The maximum absolute atomic E-state index is 4.28. The molecule has 0 amide bonds. The Labute approximate surface area is 366 Å². The Balaban J connectivity index is 0.000000360. The van der Waals surface area contributed by atoms with E-state index in [0.29, 0.717) is 35.5 Å². The molecule has 0 fully saturated rings. The number of aryl methyl sites for hydroxylation is 6. The van der Waals surface area contributed by atoms with E-state index in [2.05, 4.69) is 203 Å². The molecule has 0 N–H and O–H groups in total. The lowest BCUT2D eigenvalue weighted by Gasteiger charge is -2.06. The van der Waals surface area contributed by atoms with Crippen molar-refractivity contribution in [1.82, 2.24) is 24.9 Å². The summed E-state index contributed by atoms with van der Waals surface area (Å²) in [6.45, 7) is 36.7. The highest BCUT2D eigenvalue weighted by Crippen LogP contribution is 2.19. The van der Waals surface area contributed by atoms with Gasteiger partial charge in [0.25, 0.3) is 0 Å². The highest BCUT2D eigenvalue weighted by atomic mass is 14.9. The van der Waals surface area contributed by atoms with Crippen molar-refractivity contribution in [3.63, 3.8) is 0 Å². The van der Waals surface area contributed by atoms with Crippen LogP contribution < -0.4 is 4.57 Å². The summed E-state index contributed by atoms with van der Waals surface area (Å²) in [6, 6.07) is 20.6. The molecule has 324 valence electrons. The van der Waals surface area contributed by atoms with Crippen LogP contribution in [0, 0.1) is 34.6 Å². The molecule has 0 atom stereocenters. The molecule has 0 bridgehead atoms. The van der Waals surface area contributed by atoms with Gasteiger partial charge in [-0.2, -0.15) is 0 Å². The van der Waals surface area contributed by atoms with Crippen LogP contribution in [0.4, 0.5) is 0 Å². The third kappa shape index (κ3) is 19.8. The Kier molecular flexibility index (Phi) is 25.0. The van der Waals surface area contributed by atoms with Gasteiger partial charge in [0, 0.05) is 79.0 Å². The number of nitrogens with zero attached hydrogens (tertiary/aromatic N) is 6. The van der Waals surface area contributed by atoms with Crippen molar-refractivity contribution in [2.45, 2.75) is 153 Å². The van der Waals surface area contributed by atoms with Gasteiger partial charge in [-0.15, -0.1) is 0 Å². The molecule has 0 aromatic carbocycles. The second kappa shape index (κ2) is 28.4. The molecule has 0 radical (unpaired) electrons. The zero-order chi connectivity index (χ0) is 45.4. The van der Waals surface area contributed by atoms with E-state index in [4.69, 9.17) is 0 Å². The van der Waals surface area contributed by atoms with E-state index in [9.17, 15) is 0 Å². The highest BCUT2D eigenvalue weighted by Gasteiger charge is 2.08. The standard InChI is InChI=1S/3C9H13N.C9H14N.2C9H13N/c2*1-7(2)9-4-5-10-6-8(9)3;1-7(2)9-6-10-5-4-8(9)3;1-8(2)9-6-4-5-7-10(9)3;2*1-7(2)9-8(3)5-4-6-10-9/h3*4-7H,1-3H3;4-8H,1-3H3;2*4-7H,1-3H3/q;;;+1;;. The number of pyridine rings is 6. The van der Waals surface area contributed by atoms with Crippen molar-refractivity contribution in [2.75, 3.05) is 0 Å². The molecule has 0 saturated carbocycles. The predicted octanol–water partition coefficient (Wildman–Crippen LogP) is 14.2. The van der Waals surface area contributed by atoms with E-state index in [1.54, 1.807) is 0 Å². The Morgan fingerprint density at radius 1 is 0.367 bits per heavy atom. The van der Waals surface area contributed by atoms with Crippen LogP contribution in [0.3, 0.4) is 0 Å². The summed E-state index contributed by atoms with van der Waals surface area (Å²) in [6.07, 6.45) is 17.1. The van der Waals surface area contributed by atoms with Crippen molar-refractivity contribution >= 4 is 0 Å². The molecule has 0 aliphatic rings. The number of aromatic nitrogens is 6. The van der Waals surface area contributed by atoms with Gasteiger partial charge in [-0.05, 0) is 139 Å². The van der Waals surface area contributed by atoms with E-state index >= 15 is 0 Å². The summed E-state index contributed by atoms with van der Waals surface area (Å²) in [5.41, 5.74) is 14.4. The fourth-order valence-corrected chi connectivity index (χ4v) is 6.69. The largest absolute Gasteiger partial charge is 0.264 e. The van der Waals surface area contributed by atoms with Crippen LogP contribution in [0.15, 0.2) is 116 Å². The normalized spacial score (nSPS) is 10.4. The second-order valence-corrected chi connectivity index (χ2v) is 17.3. The van der Waals surface area contributed by atoms with E-state index in [1.807, 2.05) is 67.8 Å². The molecule has 0 unspecified atom stereocenters. The molecule has 0 saturated heterocycles. The van der Waals surface area contributed by atoms with Crippen molar-refractivity contribution in [3.8, 4) is 0 Å². The van der Waals surface area contributed by atoms with Crippen LogP contribution in [0.25, 0.3) is 0 Å². The van der Waals surface area contributed by atoms with Crippen molar-refractivity contribution in [3.05, 3.63) is 178 Å². The molecule has 0 spiro atoms. The number of rotatable bonds is 6. The summed E-state index contributed by atoms with van der Waals surface area (Å²) >= 11 is 0. The summed E-state index contributed by atoms with van der Waals surface area (Å²) in [5, 5.41) is 0. The molecule has 6 nitrogen and oxygen atoms in total. The SMILES string of the molecule is CC(C)c1cccc[n+]1C.Cc1cccnc1C(C)C.Cc1cccnc1C(C)C.Cc1ccncc1C(C)C.Cc1cnccc1C(C)C.Cc1cnccc1C(C)C. The first-order valence-electron chi connectivity index (χ1n) is 21.8. The minimum Gasteiger partial charge on any atom is -0.264 e. The summed E-state index contributed by atoms with van der Waals surface area (Å²) in [4.78, 5) is 20.7. The predicted molar refractivity (Wildman–Crippen MR) is 257 cm³/mol.